The van der Waals surface area contributed by atoms with Crippen molar-refractivity contribution in [3.8, 4) is 11.5 Å². The third-order valence-corrected chi connectivity index (χ3v) is 3.83. The molecule has 0 fully saturated rings. The van der Waals surface area contributed by atoms with Gasteiger partial charge in [-0.1, -0.05) is 30.3 Å². The second-order valence-electron chi connectivity index (χ2n) is 5.55. The number of ether oxygens (including phenoxy) is 2. The summed E-state index contributed by atoms with van der Waals surface area (Å²) >= 11 is 0. The van der Waals surface area contributed by atoms with Crippen LogP contribution in [0.15, 0.2) is 42.5 Å². The van der Waals surface area contributed by atoms with Crippen molar-refractivity contribution in [3.05, 3.63) is 59.2 Å². The van der Waals surface area contributed by atoms with Gasteiger partial charge in [0.1, 0.15) is 18.0 Å². The van der Waals surface area contributed by atoms with Crippen molar-refractivity contribution in [2.75, 3.05) is 20.8 Å². The lowest BCUT2D eigenvalue weighted by Gasteiger charge is -2.22. The van der Waals surface area contributed by atoms with E-state index in [2.05, 4.69) is 0 Å². The minimum Gasteiger partial charge on any atom is -0.496 e. The lowest BCUT2D eigenvalue weighted by molar-refractivity contribution is -0.137. The highest BCUT2D eigenvalue weighted by Crippen LogP contribution is 2.30. The number of nitrogens with zero attached hydrogens (tertiary/aromatic N) is 1. The predicted molar refractivity (Wildman–Crippen MR) is 93.1 cm³/mol. The van der Waals surface area contributed by atoms with Gasteiger partial charge in [0, 0.05) is 17.7 Å². The van der Waals surface area contributed by atoms with E-state index in [1.807, 2.05) is 37.3 Å². The topological polar surface area (TPSA) is 76.1 Å². The Kier molecular flexibility index (Phi) is 6.00. The van der Waals surface area contributed by atoms with Crippen LogP contribution in [0, 0.1) is 6.92 Å². The number of hydrogen-bond acceptors (Lipinski definition) is 4. The van der Waals surface area contributed by atoms with Crippen LogP contribution in [0.3, 0.4) is 0 Å². The van der Waals surface area contributed by atoms with Crippen molar-refractivity contribution in [1.82, 2.24) is 4.90 Å². The number of methoxy groups -OCH3 is 2. The summed E-state index contributed by atoms with van der Waals surface area (Å²) in [6.07, 6.45) is 0. The molecular weight excluding hydrogens is 322 g/mol. The number of carboxylic acid groups (broad SMARTS) is 1. The number of rotatable bonds is 7. The molecule has 2 aromatic carbocycles. The molecule has 1 amide bonds. The molecule has 1 N–H and O–H groups in total. The third kappa shape index (κ3) is 4.50. The molecular formula is C19H21NO5. The van der Waals surface area contributed by atoms with Gasteiger partial charge in [-0.2, -0.15) is 0 Å². The predicted octanol–water partition coefficient (Wildman–Crippen LogP) is 2.74. The number of aliphatic carboxylic acids is 1. The van der Waals surface area contributed by atoms with Crippen LogP contribution in [0.25, 0.3) is 0 Å². The highest BCUT2D eigenvalue weighted by molar-refractivity contribution is 5.96. The van der Waals surface area contributed by atoms with Crippen molar-refractivity contribution < 1.29 is 24.2 Å². The van der Waals surface area contributed by atoms with Gasteiger partial charge in [0.25, 0.3) is 5.91 Å². The maximum Gasteiger partial charge on any atom is 0.323 e. The highest BCUT2D eigenvalue weighted by Gasteiger charge is 2.21. The molecule has 0 heterocycles. The van der Waals surface area contributed by atoms with E-state index in [9.17, 15) is 9.59 Å². The van der Waals surface area contributed by atoms with Crippen molar-refractivity contribution >= 4 is 11.9 Å². The Morgan fingerprint density at radius 1 is 1.04 bits per heavy atom. The van der Waals surface area contributed by atoms with Gasteiger partial charge in [0.2, 0.25) is 0 Å². The third-order valence-electron chi connectivity index (χ3n) is 3.83. The Hall–Kier alpha value is -3.02. The molecule has 0 atom stereocenters. The van der Waals surface area contributed by atoms with Gasteiger partial charge in [0.05, 0.1) is 14.2 Å². The molecule has 0 bridgehead atoms. The summed E-state index contributed by atoms with van der Waals surface area (Å²) in [6, 6.07) is 12.4. The SMILES string of the molecule is COc1cc(C(=O)N(CC(=O)O)Cc2ccccc2)cc(OC)c1C. The van der Waals surface area contributed by atoms with Crippen LogP contribution in [0.1, 0.15) is 21.5 Å². The Bertz CT molecular complexity index is 733. The average molecular weight is 343 g/mol. The molecule has 0 aliphatic heterocycles. The van der Waals surface area contributed by atoms with Crippen LogP contribution in [0.2, 0.25) is 0 Å². The fraction of sp³-hybridized carbons (Fsp3) is 0.263. The zero-order chi connectivity index (χ0) is 18.4. The zero-order valence-electron chi connectivity index (χ0n) is 14.5. The van der Waals surface area contributed by atoms with Crippen LogP contribution in [0.4, 0.5) is 0 Å². The molecule has 2 aromatic rings. The summed E-state index contributed by atoms with van der Waals surface area (Å²) in [7, 11) is 3.02. The molecule has 132 valence electrons. The molecule has 25 heavy (non-hydrogen) atoms. The van der Waals surface area contributed by atoms with E-state index in [1.54, 1.807) is 12.1 Å². The van der Waals surface area contributed by atoms with Crippen molar-refractivity contribution in [2.24, 2.45) is 0 Å². The number of carboxylic acids is 1. The van der Waals surface area contributed by atoms with Crippen LogP contribution in [0.5, 0.6) is 11.5 Å². The molecule has 2 rings (SSSR count). The van der Waals surface area contributed by atoms with Crippen LogP contribution in [-0.2, 0) is 11.3 Å². The molecule has 0 radical (unpaired) electrons. The molecule has 0 saturated carbocycles. The van der Waals surface area contributed by atoms with E-state index in [0.29, 0.717) is 17.1 Å². The van der Waals surface area contributed by atoms with Gasteiger partial charge in [-0.15, -0.1) is 0 Å². The second kappa shape index (κ2) is 8.19. The fourth-order valence-electron chi connectivity index (χ4n) is 2.56. The van der Waals surface area contributed by atoms with Crippen molar-refractivity contribution in [1.29, 1.82) is 0 Å². The summed E-state index contributed by atoms with van der Waals surface area (Å²) < 4.78 is 10.6. The Labute approximate surface area is 146 Å². The van der Waals surface area contributed by atoms with E-state index in [1.165, 1.54) is 19.1 Å². The van der Waals surface area contributed by atoms with Gasteiger partial charge in [-0.25, -0.2) is 0 Å². The smallest absolute Gasteiger partial charge is 0.323 e. The van der Waals surface area contributed by atoms with E-state index in [0.717, 1.165) is 11.1 Å². The van der Waals surface area contributed by atoms with E-state index in [-0.39, 0.29) is 6.54 Å². The first kappa shape index (κ1) is 18.3. The number of amides is 1. The number of carbonyl (C=O) groups is 2. The molecule has 6 heteroatoms. The monoisotopic (exact) mass is 343 g/mol. The molecule has 0 spiro atoms. The second-order valence-corrected chi connectivity index (χ2v) is 5.55. The van der Waals surface area contributed by atoms with Crippen LogP contribution >= 0.6 is 0 Å². The van der Waals surface area contributed by atoms with E-state index in [4.69, 9.17) is 14.6 Å². The molecule has 0 aliphatic carbocycles. The Morgan fingerprint density at radius 3 is 2.08 bits per heavy atom. The van der Waals surface area contributed by atoms with Gasteiger partial charge in [0.15, 0.2) is 0 Å². The summed E-state index contributed by atoms with van der Waals surface area (Å²) in [6.45, 7) is 1.63. The first-order chi connectivity index (χ1) is 12.0. The lowest BCUT2D eigenvalue weighted by atomic mass is 10.1. The fourth-order valence-corrected chi connectivity index (χ4v) is 2.56. The minimum atomic E-state index is -1.07. The van der Waals surface area contributed by atoms with Crippen molar-refractivity contribution in [2.45, 2.75) is 13.5 Å². The van der Waals surface area contributed by atoms with Crippen LogP contribution in [-0.4, -0.2) is 42.6 Å². The standard InChI is InChI=1S/C19H21NO5/c1-13-16(24-2)9-15(10-17(13)25-3)19(23)20(12-18(21)22)11-14-7-5-4-6-8-14/h4-10H,11-12H2,1-3H3,(H,21,22). The quantitative estimate of drug-likeness (QED) is 0.836. The highest BCUT2D eigenvalue weighted by atomic mass is 16.5. The summed E-state index contributed by atoms with van der Waals surface area (Å²) in [5.74, 6) is -0.450. The average Bonchev–Trinajstić information content (AvgIpc) is 2.61. The maximum atomic E-state index is 12.9. The number of carbonyl (C=O) groups excluding carboxylic acids is 1. The summed E-state index contributed by atoms with van der Waals surface area (Å²) in [5, 5.41) is 9.16. The molecule has 0 aromatic heterocycles. The van der Waals surface area contributed by atoms with Gasteiger partial charge < -0.3 is 19.5 Å². The number of benzene rings is 2. The normalized spacial score (nSPS) is 10.2. The first-order valence-corrected chi connectivity index (χ1v) is 7.74. The number of hydrogen-bond donors (Lipinski definition) is 1. The van der Waals surface area contributed by atoms with Crippen molar-refractivity contribution in [3.63, 3.8) is 0 Å². The maximum absolute atomic E-state index is 12.9. The minimum absolute atomic E-state index is 0.199. The lowest BCUT2D eigenvalue weighted by Crippen LogP contribution is -2.35. The summed E-state index contributed by atoms with van der Waals surface area (Å²) in [4.78, 5) is 25.4. The van der Waals surface area contributed by atoms with E-state index < -0.39 is 18.4 Å². The first-order valence-electron chi connectivity index (χ1n) is 7.74. The zero-order valence-corrected chi connectivity index (χ0v) is 14.5. The van der Waals surface area contributed by atoms with Gasteiger partial charge in [-0.05, 0) is 24.6 Å². The van der Waals surface area contributed by atoms with Crippen LogP contribution < -0.4 is 9.47 Å². The van der Waals surface area contributed by atoms with E-state index >= 15 is 0 Å². The molecule has 0 unspecified atom stereocenters. The molecule has 0 aliphatic rings. The molecule has 6 nitrogen and oxygen atoms in total. The Balaban J connectivity index is 2.37. The summed E-state index contributed by atoms with van der Waals surface area (Å²) in [5.41, 5.74) is 1.94. The molecule has 0 saturated heterocycles. The largest absolute Gasteiger partial charge is 0.496 e. The van der Waals surface area contributed by atoms with Gasteiger partial charge >= 0.3 is 5.97 Å². The van der Waals surface area contributed by atoms with Gasteiger partial charge in [-0.3, -0.25) is 9.59 Å². The Morgan fingerprint density at radius 2 is 1.60 bits per heavy atom.